The van der Waals surface area contributed by atoms with Gasteiger partial charge in [-0.05, 0) is 43.4 Å². The molecule has 4 rings (SSSR count). The number of para-hydroxylation sites is 1. The fourth-order valence-electron chi connectivity index (χ4n) is 3.68. The van der Waals surface area contributed by atoms with Crippen molar-refractivity contribution in [3.8, 4) is 0 Å². The number of carbonyl (C=O) groups excluding carboxylic acids is 1. The van der Waals surface area contributed by atoms with E-state index in [2.05, 4.69) is 11.9 Å². The number of amides is 1. The van der Waals surface area contributed by atoms with Crippen LogP contribution in [-0.2, 0) is 24.2 Å². The molecule has 5 nitrogen and oxygen atoms in total. The number of hydrogen-bond donors (Lipinski definition) is 1. The Balaban J connectivity index is 1.62. The summed E-state index contributed by atoms with van der Waals surface area (Å²) in [6, 6.07) is 7.10. The molecule has 2 aromatic heterocycles. The van der Waals surface area contributed by atoms with E-state index in [0.717, 1.165) is 35.9 Å². The topological polar surface area (TPSA) is 64.0 Å². The molecule has 30 heavy (non-hydrogen) atoms. The van der Waals surface area contributed by atoms with Crippen molar-refractivity contribution in [2.75, 3.05) is 11.1 Å². The number of thioether (sulfide) groups is 1. The van der Waals surface area contributed by atoms with Crippen molar-refractivity contribution in [2.24, 2.45) is 0 Å². The Morgan fingerprint density at radius 3 is 2.90 bits per heavy atom. The van der Waals surface area contributed by atoms with Crippen molar-refractivity contribution in [3.05, 3.63) is 62.7 Å². The van der Waals surface area contributed by atoms with E-state index in [-0.39, 0.29) is 17.2 Å². The molecule has 0 aliphatic heterocycles. The van der Waals surface area contributed by atoms with Crippen LogP contribution in [0.5, 0.6) is 0 Å². The average molecular weight is 460 g/mol. The lowest BCUT2D eigenvalue weighted by Gasteiger charge is -2.11. The van der Waals surface area contributed by atoms with Gasteiger partial charge in [0.1, 0.15) is 4.83 Å². The molecule has 0 bridgehead atoms. The summed E-state index contributed by atoms with van der Waals surface area (Å²) in [5.41, 5.74) is 1.71. The van der Waals surface area contributed by atoms with Crippen LogP contribution in [0.4, 0.5) is 5.69 Å². The minimum atomic E-state index is -0.199. The summed E-state index contributed by atoms with van der Waals surface area (Å²) in [4.78, 5) is 32.6. The normalized spacial score (nSPS) is 13.6. The third-order valence-electron chi connectivity index (χ3n) is 5.08. The first kappa shape index (κ1) is 21.2. The largest absolute Gasteiger partial charge is 0.324 e. The summed E-state index contributed by atoms with van der Waals surface area (Å²) in [6.07, 6.45) is 7.11. The Bertz CT molecular complexity index is 1170. The van der Waals surface area contributed by atoms with E-state index in [1.165, 1.54) is 28.6 Å². The number of carbonyl (C=O) groups is 1. The smallest absolute Gasteiger partial charge is 0.263 e. The van der Waals surface area contributed by atoms with Crippen molar-refractivity contribution in [1.29, 1.82) is 0 Å². The van der Waals surface area contributed by atoms with E-state index in [4.69, 9.17) is 16.6 Å². The first-order chi connectivity index (χ1) is 14.6. The van der Waals surface area contributed by atoms with Crippen molar-refractivity contribution >= 4 is 56.5 Å². The van der Waals surface area contributed by atoms with Gasteiger partial charge in [-0.25, -0.2) is 4.98 Å². The molecule has 3 aromatic rings. The molecule has 2 heterocycles. The number of allylic oxidation sites excluding steroid dienone is 1. The summed E-state index contributed by atoms with van der Waals surface area (Å²) < 4.78 is 1.63. The van der Waals surface area contributed by atoms with Crippen LogP contribution in [0.15, 0.2) is 46.9 Å². The molecular formula is C22H22ClN3O2S2. The van der Waals surface area contributed by atoms with E-state index >= 15 is 0 Å². The average Bonchev–Trinajstić information content (AvgIpc) is 2.92. The minimum absolute atomic E-state index is 0.0340. The maximum Gasteiger partial charge on any atom is 0.263 e. The van der Waals surface area contributed by atoms with Gasteiger partial charge in [0.2, 0.25) is 5.91 Å². The number of anilines is 1. The van der Waals surface area contributed by atoms with Crippen LogP contribution in [0, 0.1) is 0 Å². The van der Waals surface area contributed by atoms with E-state index in [9.17, 15) is 9.59 Å². The molecule has 8 heteroatoms. The quantitative estimate of drug-likeness (QED) is 0.235. The second kappa shape index (κ2) is 9.37. The van der Waals surface area contributed by atoms with Gasteiger partial charge in [-0.2, -0.15) is 0 Å². The first-order valence-corrected chi connectivity index (χ1v) is 12.1. The number of halogens is 1. The summed E-state index contributed by atoms with van der Waals surface area (Å²) in [7, 11) is 0. The highest BCUT2D eigenvalue weighted by molar-refractivity contribution is 7.99. The van der Waals surface area contributed by atoms with Crippen molar-refractivity contribution in [3.63, 3.8) is 0 Å². The molecule has 0 unspecified atom stereocenters. The van der Waals surface area contributed by atoms with Crippen molar-refractivity contribution in [1.82, 2.24) is 9.55 Å². The van der Waals surface area contributed by atoms with E-state index < -0.39 is 0 Å². The van der Waals surface area contributed by atoms with Crippen LogP contribution in [0.1, 0.15) is 29.7 Å². The van der Waals surface area contributed by atoms with Crippen LogP contribution in [0.25, 0.3) is 10.2 Å². The summed E-state index contributed by atoms with van der Waals surface area (Å²) in [5, 5.41) is 4.58. The molecular weight excluding hydrogens is 438 g/mol. The lowest BCUT2D eigenvalue weighted by atomic mass is 10.1. The zero-order valence-corrected chi connectivity index (χ0v) is 18.8. The number of aromatic nitrogens is 2. The molecule has 0 saturated carbocycles. The van der Waals surface area contributed by atoms with E-state index in [0.29, 0.717) is 22.4 Å². The molecule has 0 atom stereocenters. The molecule has 156 valence electrons. The van der Waals surface area contributed by atoms with Crippen LogP contribution in [0.3, 0.4) is 0 Å². The maximum absolute atomic E-state index is 13.3. The fraction of sp³-hybridized carbons (Fsp3) is 0.318. The van der Waals surface area contributed by atoms with Gasteiger partial charge in [0, 0.05) is 11.4 Å². The summed E-state index contributed by atoms with van der Waals surface area (Å²) in [6.45, 7) is 4.14. The highest BCUT2D eigenvalue weighted by Crippen LogP contribution is 2.34. The molecule has 1 N–H and O–H groups in total. The van der Waals surface area contributed by atoms with Gasteiger partial charge in [-0.1, -0.05) is 48.0 Å². The maximum atomic E-state index is 13.3. The van der Waals surface area contributed by atoms with Crippen molar-refractivity contribution < 1.29 is 4.79 Å². The van der Waals surface area contributed by atoms with Gasteiger partial charge in [0.15, 0.2) is 5.16 Å². The van der Waals surface area contributed by atoms with E-state index in [1.807, 2.05) is 12.1 Å². The Hall–Kier alpha value is -2.09. The highest BCUT2D eigenvalue weighted by Gasteiger charge is 2.21. The zero-order chi connectivity index (χ0) is 21.1. The number of nitrogens with one attached hydrogen (secondary N) is 1. The summed E-state index contributed by atoms with van der Waals surface area (Å²) in [5.74, 6) is -0.0691. The fourth-order valence-corrected chi connectivity index (χ4v) is 5.97. The Morgan fingerprint density at radius 2 is 2.10 bits per heavy atom. The number of rotatable bonds is 6. The SMILES string of the molecule is C=CCn1c(SCC(=O)Nc2ccccc2Cl)nc2sc3c(c2c1=O)CCCCC3. The second-order valence-corrected chi connectivity index (χ2v) is 9.59. The molecule has 0 saturated heterocycles. The van der Waals surface area contributed by atoms with Crippen LogP contribution < -0.4 is 10.9 Å². The second-order valence-electron chi connectivity index (χ2n) is 7.16. The van der Waals surface area contributed by atoms with Crippen molar-refractivity contribution in [2.45, 2.75) is 43.8 Å². The number of benzene rings is 1. The van der Waals surface area contributed by atoms with Gasteiger partial charge < -0.3 is 5.32 Å². The monoisotopic (exact) mass is 459 g/mol. The Labute approximate surface area is 188 Å². The zero-order valence-electron chi connectivity index (χ0n) is 16.4. The van der Waals surface area contributed by atoms with Crippen LogP contribution >= 0.6 is 34.7 Å². The summed E-state index contributed by atoms with van der Waals surface area (Å²) >= 11 is 8.99. The standard InChI is InChI=1S/C22H22ClN3O2S2/c1-2-12-26-21(28)19-14-8-4-3-5-11-17(14)30-20(19)25-22(26)29-13-18(27)24-16-10-7-6-9-15(16)23/h2,6-7,9-10H,1,3-5,8,11-13H2,(H,24,27). The number of fused-ring (bicyclic) bond motifs is 3. The predicted octanol–water partition coefficient (Wildman–Crippen LogP) is 5.30. The molecule has 0 fully saturated rings. The molecule has 0 spiro atoms. The predicted molar refractivity (Wildman–Crippen MR) is 126 cm³/mol. The molecule has 1 aliphatic rings. The van der Waals surface area contributed by atoms with Gasteiger partial charge >= 0.3 is 0 Å². The number of thiophene rings is 1. The molecule has 1 amide bonds. The van der Waals surface area contributed by atoms with Crippen LogP contribution in [0.2, 0.25) is 5.02 Å². The van der Waals surface area contributed by atoms with Gasteiger partial charge in [0.25, 0.3) is 5.56 Å². The molecule has 1 aliphatic carbocycles. The van der Waals surface area contributed by atoms with Crippen LogP contribution in [-0.4, -0.2) is 21.2 Å². The van der Waals surface area contributed by atoms with Gasteiger partial charge in [-0.15, -0.1) is 17.9 Å². The van der Waals surface area contributed by atoms with Gasteiger partial charge in [0.05, 0.1) is 21.8 Å². The third-order valence-corrected chi connectivity index (χ3v) is 7.57. The van der Waals surface area contributed by atoms with Gasteiger partial charge in [-0.3, -0.25) is 14.2 Å². The Morgan fingerprint density at radius 1 is 1.30 bits per heavy atom. The lowest BCUT2D eigenvalue weighted by molar-refractivity contribution is -0.113. The highest BCUT2D eigenvalue weighted by atomic mass is 35.5. The third kappa shape index (κ3) is 4.33. The number of hydrogen-bond acceptors (Lipinski definition) is 5. The van der Waals surface area contributed by atoms with E-state index in [1.54, 1.807) is 34.1 Å². The number of aryl methyl sites for hydroxylation is 2. The Kier molecular flexibility index (Phi) is 6.61. The number of nitrogens with zero attached hydrogens (tertiary/aromatic N) is 2. The minimum Gasteiger partial charge on any atom is -0.324 e. The molecule has 0 radical (unpaired) electrons. The molecule has 1 aromatic carbocycles. The first-order valence-electron chi connectivity index (χ1n) is 9.91. The lowest BCUT2D eigenvalue weighted by Crippen LogP contribution is -2.24.